The zero-order valence-corrected chi connectivity index (χ0v) is 13.2. The van der Waals surface area contributed by atoms with Crippen molar-refractivity contribution in [3.63, 3.8) is 0 Å². The molecule has 0 aliphatic heterocycles. The molecule has 0 saturated carbocycles. The molecular formula is C19H24N2. The van der Waals surface area contributed by atoms with Gasteiger partial charge >= 0.3 is 0 Å². The van der Waals surface area contributed by atoms with E-state index < -0.39 is 0 Å². The highest BCUT2D eigenvalue weighted by Crippen LogP contribution is 2.13. The van der Waals surface area contributed by atoms with Crippen molar-refractivity contribution in [1.29, 1.82) is 0 Å². The predicted molar refractivity (Wildman–Crippen MR) is 90.1 cm³/mol. The van der Waals surface area contributed by atoms with Crippen molar-refractivity contribution >= 4 is 6.08 Å². The fourth-order valence-corrected chi connectivity index (χ4v) is 2.28. The second kappa shape index (κ2) is 7.63. The van der Waals surface area contributed by atoms with Gasteiger partial charge in [0.25, 0.3) is 0 Å². The van der Waals surface area contributed by atoms with E-state index in [1.54, 1.807) is 0 Å². The summed E-state index contributed by atoms with van der Waals surface area (Å²) in [6.45, 7) is 7.36. The molecule has 1 aromatic carbocycles. The highest BCUT2D eigenvalue weighted by atomic mass is 15.0. The standard InChI is InChI=1S/C19H24N2/c1-16(2)8-7-9-17(3)12-19-13-20-15-21(19)14-18-10-5-4-6-11-18/h4-6,8,10-13,15H,7,9,14H2,1-3H3. The minimum absolute atomic E-state index is 0.869. The molecule has 0 aliphatic carbocycles. The summed E-state index contributed by atoms with van der Waals surface area (Å²) in [5.41, 5.74) is 5.25. The first kappa shape index (κ1) is 15.3. The van der Waals surface area contributed by atoms with Gasteiger partial charge in [-0.25, -0.2) is 4.98 Å². The molecule has 0 atom stereocenters. The molecule has 0 fully saturated rings. The van der Waals surface area contributed by atoms with Gasteiger partial charge in [-0.15, -0.1) is 0 Å². The number of imidazole rings is 1. The number of nitrogens with zero attached hydrogens (tertiary/aromatic N) is 2. The minimum Gasteiger partial charge on any atom is -0.327 e. The summed E-state index contributed by atoms with van der Waals surface area (Å²) in [6.07, 6.45) is 10.6. The molecule has 2 nitrogen and oxygen atoms in total. The Hall–Kier alpha value is -2.09. The molecule has 2 aromatic rings. The van der Waals surface area contributed by atoms with E-state index in [0.29, 0.717) is 0 Å². The molecule has 0 radical (unpaired) electrons. The zero-order chi connectivity index (χ0) is 15.1. The molecule has 0 N–H and O–H groups in total. The fourth-order valence-electron chi connectivity index (χ4n) is 2.28. The largest absolute Gasteiger partial charge is 0.327 e. The molecule has 0 unspecified atom stereocenters. The van der Waals surface area contributed by atoms with E-state index >= 15 is 0 Å². The maximum Gasteiger partial charge on any atom is 0.0953 e. The summed E-state index contributed by atoms with van der Waals surface area (Å²) in [5, 5.41) is 0. The van der Waals surface area contributed by atoms with Gasteiger partial charge in [0.1, 0.15) is 0 Å². The Bertz CT molecular complexity index is 614. The molecule has 0 bridgehead atoms. The third-order valence-corrected chi connectivity index (χ3v) is 3.43. The van der Waals surface area contributed by atoms with Crippen molar-refractivity contribution in [2.45, 2.75) is 40.2 Å². The first-order valence-electron chi connectivity index (χ1n) is 7.50. The van der Waals surface area contributed by atoms with Crippen LogP contribution in [-0.4, -0.2) is 9.55 Å². The normalized spacial score (nSPS) is 11.5. The van der Waals surface area contributed by atoms with Crippen LogP contribution in [0.2, 0.25) is 0 Å². The Morgan fingerprint density at radius 2 is 1.90 bits per heavy atom. The maximum absolute atomic E-state index is 4.29. The number of benzene rings is 1. The minimum atomic E-state index is 0.869. The molecule has 0 aliphatic rings. The Morgan fingerprint density at radius 1 is 1.14 bits per heavy atom. The van der Waals surface area contributed by atoms with Crippen LogP contribution in [0.15, 0.2) is 60.1 Å². The van der Waals surface area contributed by atoms with Gasteiger partial charge in [-0.1, -0.05) is 47.6 Å². The smallest absolute Gasteiger partial charge is 0.0953 e. The third kappa shape index (κ3) is 5.07. The monoisotopic (exact) mass is 280 g/mol. The topological polar surface area (TPSA) is 17.8 Å². The fraction of sp³-hybridized carbons (Fsp3) is 0.316. The SMILES string of the molecule is CC(C)=CCCC(C)=Cc1cncn1Cc1ccccc1. The van der Waals surface area contributed by atoms with Crippen molar-refractivity contribution in [3.8, 4) is 0 Å². The average molecular weight is 280 g/mol. The summed E-state index contributed by atoms with van der Waals surface area (Å²) in [7, 11) is 0. The van der Waals surface area contributed by atoms with Gasteiger partial charge in [-0.3, -0.25) is 0 Å². The van der Waals surface area contributed by atoms with E-state index in [-0.39, 0.29) is 0 Å². The van der Waals surface area contributed by atoms with E-state index in [1.165, 1.54) is 22.4 Å². The van der Waals surface area contributed by atoms with Crippen molar-refractivity contribution in [1.82, 2.24) is 9.55 Å². The lowest BCUT2D eigenvalue weighted by Gasteiger charge is -2.06. The summed E-state index contributed by atoms with van der Waals surface area (Å²) < 4.78 is 2.19. The average Bonchev–Trinajstić information content (AvgIpc) is 2.86. The summed E-state index contributed by atoms with van der Waals surface area (Å²) in [4.78, 5) is 4.29. The third-order valence-electron chi connectivity index (χ3n) is 3.43. The second-order valence-electron chi connectivity index (χ2n) is 5.74. The molecule has 2 rings (SSSR count). The predicted octanol–water partition coefficient (Wildman–Crippen LogP) is 5.08. The lowest BCUT2D eigenvalue weighted by Crippen LogP contribution is -2.00. The van der Waals surface area contributed by atoms with Gasteiger partial charge < -0.3 is 4.57 Å². The van der Waals surface area contributed by atoms with Crippen LogP contribution in [0.1, 0.15) is 44.9 Å². The summed E-state index contributed by atoms with van der Waals surface area (Å²) in [5.74, 6) is 0. The number of hydrogen-bond acceptors (Lipinski definition) is 1. The highest BCUT2D eigenvalue weighted by molar-refractivity contribution is 5.48. The van der Waals surface area contributed by atoms with Crippen LogP contribution in [0.3, 0.4) is 0 Å². The van der Waals surface area contributed by atoms with Gasteiger partial charge in [0, 0.05) is 6.54 Å². The Labute approximate surface area is 127 Å². The molecule has 0 spiro atoms. The molecule has 0 amide bonds. The van der Waals surface area contributed by atoms with Crippen molar-refractivity contribution in [3.05, 3.63) is 71.3 Å². The number of rotatable bonds is 6. The lowest BCUT2D eigenvalue weighted by molar-refractivity contribution is 0.788. The van der Waals surface area contributed by atoms with Gasteiger partial charge in [-0.2, -0.15) is 0 Å². The Morgan fingerprint density at radius 3 is 2.62 bits per heavy atom. The molecule has 0 saturated heterocycles. The molecular weight excluding hydrogens is 256 g/mol. The van der Waals surface area contributed by atoms with E-state index in [2.05, 4.69) is 66.7 Å². The molecule has 1 heterocycles. The molecule has 110 valence electrons. The Kier molecular flexibility index (Phi) is 5.56. The van der Waals surface area contributed by atoms with Crippen molar-refractivity contribution in [2.24, 2.45) is 0 Å². The van der Waals surface area contributed by atoms with Gasteiger partial charge in [-0.05, 0) is 45.3 Å². The first-order chi connectivity index (χ1) is 10.1. The summed E-state index contributed by atoms with van der Waals surface area (Å²) in [6, 6.07) is 10.5. The van der Waals surface area contributed by atoms with E-state index in [1.807, 2.05) is 18.6 Å². The van der Waals surface area contributed by atoms with E-state index in [9.17, 15) is 0 Å². The number of allylic oxidation sites excluding steroid dienone is 3. The first-order valence-corrected chi connectivity index (χ1v) is 7.50. The molecule has 21 heavy (non-hydrogen) atoms. The quantitative estimate of drug-likeness (QED) is 0.675. The van der Waals surface area contributed by atoms with Crippen LogP contribution >= 0.6 is 0 Å². The highest BCUT2D eigenvalue weighted by Gasteiger charge is 2.01. The van der Waals surface area contributed by atoms with Crippen LogP contribution < -0.4 is 0 Å². The van der Waals surface area contributed by atoms with E-state index in [4.69, 9.17) is 0 Å². The van der Waals surface area contributed by atoms with E-state index in [0.717, 1.165) is 19.4 Å². The number of aromatic nitrogens is 2. The summed E-state index contributed by atoms with van der Waals surface area (Å²) >= 11 is 0. The zero-order valence-electron chi connectivity index (χ0n) is 13.2. The lowest BCUT2D eigenvalue weighted by atomic mass is 10.1. The second-order valence-corrected chi connectivity index (χ2v) is 5.74. The van der Waals surface area contributed by atoms with Gasteiger partial charge in [0.05, 0.1) is 18.2 Å². The molecule has 2 heteroatoms. The van der Waals surface area contributed by atoms with Crippen LogP contribution in [0.5, 0.6) is 0 Å². The van der Waals surface area contributed by atoms with Crippen molar-refractivity contribution < 1.29 is 0 Å². The van der Waals surface area contributed by atoms with Crippen LogP contribution in [0.25, 0.3) is 6.08 Å². The molecule has 1 aromatic heterocycles. The van der Waals surface area contributed by atoms with Crippen LogP contribution in [0, 0.1) is 0 Å². The number of hydrogen-bond donors (Lipinski definition) is 0. The maximum atomic E-state index is 4.29. The Balaban J connectivity index is 2.04. The van der Waals surface area contributed by atoms with Crippen LogP contribution in [0.4, 0.5) is 0 Å². The van der Waals surface area contributed by atoms with Gasteiger partial charge in [0.15, 0.2) is 0 Å². The van der Waals surface area contributed by atoms with Crippen LogP contribution in [-0.2, 0) is 6.54 Å². The van der Waals surface area contributed by atoms with Gasteiger partial charge in [0.2, 0.25) is 0 Å². The van der Waals surface area contributed by atoms with Crippen molar-refractivity contribution in [2.75, 3.05) is 0 Å².